The lowest BCUT2D eigenvalue weighted by Gasteiger charge is -2.41. The third-order valence-corrected chi connectivity index (χ3v) is 3.38. The van der Waals surface area contributed by atoms with Crippen LogP contribution in [0.1, 0.15) is 38.1 Å². The number of anilines is 1. The smallest absolute Gasteiger partial charge is 0.256 e. The predicted octanol–water partition coefficient (Wildman–Crippen LogP) is 2.76. The minimum absolute atomic E-state index is 0.0639. The van der Waals surface area contributed by atoms with Crippen molar-refractivity contribution in [3.8, 4) is 0 Å². The quantitative estimate of drug-likeness (QED) is 0.923. The molecule has 20 heavy (non-hydrogen) atoms. The Morgan fingerprint density at radius 3 is 2.80 bits per heavy atom. The Kier molecular flexibility index (Phi) is 4.33. The van der Waals surface area contributed by atoms with Crippen molar-refractivity contribution in [2.75, 3.05) is 25.0 Å². The van der Waals surface area contributed by atoms with Gasteiger partial charge in [-0.15, -0.1) is 0 Å². The largest absolute Gasteiger partial charge is 0.385 e. The molecule has 0 aliphatic carbocycles. The first-order valence-corrected chi connectivity index (χ1v) is 7.23. The van der Waals surface area contributed by atoms with Crippen LogP contribution in [0.3, 0.4) is 0 Å². The van der Waals surface area contributed by atoms with Gasteiger partial charge in [-0.25, -0.2) is 0 Å². The number of hydrogen-bond donors (Lipinski definition) is 1. The third kappa shape index (κ3) is 3.31. The van der Waals surface area contributed by atoms with Gasteiger partial charge in [-0.2, -0.15) is 0 Å². The molecule has 0 bridgehead atoms. The van der Waals surface area contributed by atoms with Gasteiger partial charge in [0.1, 0.15) is 0 Å². The van der Waals surface area contributed by atoms with Gasteiger partial charge in [-0.05, 0) is 39.8 Å². The number of ether oxygens (including phenoxy) is 1. The molecule has 1 aliphatic heterocycles. The minimum Gasteiger partial charge on any atom is -0.385 e. The lowest BCUT2D eigenvalue weighted by molar-refractivity contribution is -0.118. The Labute approximate surface area is 121 Å². The zero-order valence-electron chi connectivity index (χ0n) is 12.8. The van der Waals surface area contributed by atoms with Gasteiger partial charge < -0.3 is 15.0 Å². The van der Waals surface area contributed by atoms with Gasteiger partial charge >= 0.3 is 0 Å². The van der Waals surface area contributed by atoms with Crippen molar-refractivity contribution in [3.63, 3.8) is 0 Å². The van der Waals surface area contributed by atoms with Crippen molar-refractivity contribution in [1.29, 1.82) is 0 Å². The van der Waals surface area contributed by atoms with E-state index in [4.69, 9.17) is 4.74 Å². The number of nitrogens with zero attached hydrogens (tertiary/aromatic N) is 1. The lowest BCUT2D eigenvalue weighted by Crippen LogP contribution is -2.53. The molecular formula is C16H24N2O2. The predicted molar refractivity (Wildman–Crippen MR) is 81.1 cm³/mol. The van der Waals surface area contributed by atoms with Crippen molar-refractivity contribution in [3.05, 3.63) is 29.8 Å². The van der Waals surface area contributed by atoms with Crippen molar-refractivity contribution in [2.45, 2.75) is 39.4 Å². The summed E-state index contributed by atoms with van der Waals surface area (Å²) in [4.78, 5) is 14.7. The molecule has 0 aromatic heterocycles. The van der Waals surface area contributed by atoms with Crippen LogP contribution in [0.2, 0.25) is 0 Å². The first-order valence-electron chi connectivity index (χ1n) is 7.23. The van der Waals surface area contributed by atoms with Gasteiger partial charge in [0, 0.05) is 25.3 Å². The maximum Gasteiger partial charge on any atom is 0.256 e. The van der Waals surface area contributed by atoms with Crippen molar-refractivity contribution in [2.24, 2.45) is 0 Å². The van der Waals surface area contributed by atoms with Gasteiger partial charge in [0.2, 0.25) is 0 Å². The lowest BCUT2D eigenvalue weighted by atomic mass is 10.0. The second kappa shape index (κ2) is 5.83. The van der Waals surface area contributed by atoms with Crippen LogP contribution < -0.4 is 5.32 Å². The van der Waals surface area contributed by atoms with E-state index in [-0.39, 0.29) is 17.6 Å². The summed E-state index contributed by atoms with van der Waals surface area (Å²) in [7, 11) is 0. The van der Waals surface area contributed by atoms with E-state index in [1.54, 1.807) is 0 Å². The van der Waals surface area contributed by atoms with Crippen molar-refractivity contribution < 1.29 is 9.53 Å². The molecule has 1 fully saturated rings. The molecule has 110 valence electrons. The summed E-state index contributed by atoms with van der Waals surface area (Å²) in [6.45, 7) is 10.2. The summed E-state index contributed by atoms with van der Waals surface area (Å²) in [5, 5.41) is 3.25. The number of nitrogens with one attached hydrogen (secondary N) is 1. The summed E-state index contributed by atoms with van der Waals surface area (Å²) in [5.41, 5.74) is 1.34. The van der Waals surface area contributed by atoms with E-state index in [1.165, 1.54) is 0 Å². The molecule has 1 heterocycles. The second-order valence-corrected chi connectivity index (χ2v) is 5.95. The fraction of sp³-hybridized carbons (Fsp3) is 0.562. The molecule has 1 unspecified atom stereocenters. The van der Waals surface area contributed by atoms with E-state index >= 15 is 0 Å². The zero-order chi connectivity index (χ0) is 14.8. The zero-order valence-corrected chi connectivity index (χ0v) is 12.8. The molecule has 1 aromatic rings. The molecule has 0 radical (unpaired) electrons. The minimum atomic E-state index is -0.291. The maximum atomic E-state index is 12.8. The molecule has 2 rings (SSSR count). The van der Waals surface area contributed by atoms with Gasteiger partial charge in [-0.1, -0.05) is 12.1 Å². The van der Waals surface area contributed by atoms with E-state index in [0.29, 0.717) is 13.1 Å². The fourth-order valence-electron chi connectivity index (χ4n) is 2.79. The molecule has 1 N–H and O–H groups in total. The average molecular weight is 276 g/mol. The highest BCUT2D eigenvalue weighted by molar-refractivity contribution is 5.99. The molecule has 4 heteroatoms. The summed E-state index contributed by atoms with van der Waals surface area (Å²) in [6, 6.07) is 7.68. The number of carbonyl (C=O) groups excluding carboxylic acids is 1. The highest BCUT2D eigenvalue weighted by atomic mass is 16.5. The first kappa shape index (κ1) is 14.9. The summed E-state index contributed by atoms with van der Waals surface area (Å²) in [5.74, 6) is 0.0739. The normalized spacial score (nSPS) is 21.6. The highest BCUT2D eigenvalue weighted by Gasteiger charge is 2.34. The standard InChI is InChI=1S/C16H24N2O2/c1-5-17-14-9-7-6-8-13(14)15(19)18-10-12(2)20-16(3,4)11-18/h6-9,12,17H,5,10-11H2,1-4H3. The van der Waals surface area contributed by atoms with Gasteiger partial charge in [-0.3, -0.25) is 4.79 Å². The van der Waals surface area contributed by atoms with E-state index in [1.807, 2.05) is 56.9 Å². The Morgan fingerprint density at radius 1 is 1.45 bits per heavy atom. The Morgan fingerprint density at radius 2 is 2.15 bits per heavy atom. The summed E-state index contributed by atoms with van der Waals surface area (Å²) in [6.07, 6.45) is 0.0639. The van der Waals surface area contributed by atoms with Gasteiger partial charge in [0.25, 0.3) is 5.91 Å². The Balaban J connectivity index is 2.23. The molecule has 1 aliphatic rings. The first-order chi connectivity index (χ1) is 9.43. The molecule has 1 amide bonds. The molecule has 0 spiro atoms. The monoisotopic (exact) mass is 276 g/mol. The number of para-hydroxylation sites is 1. The second-order valence-electron chi connectivity index (χ2n) is 5.95. The molecule has 1 saturated heterocycles. The van der Waals surface area contributed by atoms with Crippen LogP contribution >= 0.6 is 0 Å². The van der Waals surface area contributed by atoms with E-state index < -0.39 is 0 Å². The van der Waals surface area contributed by atoms with Crippen molar-refractivity contribution >= 4 is 11.6 Å². The number of hydrogen-bond acceptors (Lipinski definition) is 3. The van der Waals surface area contributed by atoms with Crippen molar-refractivity contribution in [1.82, 2.24) is 4.90 Å². The number of rotatable bonds is 3. The SMILES string of the molecule is CCNc1ccccc1C(=O)N1CC(C)OC(C)(C)C1. The van der Waals surface area contributed by atoms with Gasteiger partial charge in [0.15, 0.2) is 0 Å². The van der Waals surface area contributed by atoms with Crippen LogP contribution in [-0.2, 0) is 4.74 Å². The Hall–Kier alpha value is -1.55. The summed E-state index contributed by atoms with van der Waals surface area (Å²) >= 11 is 0. The average Bonchev–Trinajstić information content (AvgIpc) is 2.36. The highest BCUT2D eigenvalue weighted by Crippen LogP contribution is 2.24. The molecule has 1 aromatic carbocycles. The van der Waals surface area contributed by atoms with Crippen LogP contribution in [0.5, 0.6) is 0 Å². The number of benzene rings is 1. The number of morpholine rings is 1. The van der Waals surface area contributed by atoms with E-state index in [0.717, 1.165) is 17.8 Å². The Bertz CT molecular complexity index is 485. The number of amides is 1. The molecular weight excluding hydrogens is 252 g/mol. The molecule has 0 saturated carbocycles. The van der Waals surface area contributed by atoms with Crippen LogP contribution in [0.4, 0.5) is 5.69 Å². The third-order valence-electron chi connectivity index (χ3n) is 3.38. The van der Waals surface area contributed by atoms with E-state index in [2.05, 4.69) is 5.32 Å². The maximum absolute atomic E-state index is 12.8. The van der Waals surface area contributed by atoms with Gasteiger partial charge in [0.05, 0.1) is 17.3 Å². The van der Waals surface area contributed by atoms with Crippen LogP contribution in [0.25, 0.3) is 0 Å². The molecule has 4 nitrogen and oxygen atoms in total. The topological polar surface area (TPSA) is 41.6 Å². The number of carbonyl (C=O) groups is 1. The van der Waals surface area contributed by atoms with Crippen LogP contribution in [0.15, 0.2) is 24.3 Å². The van der Waals surface area contributed by atoms with Crippen LogP contribution in [-0.4, -0.2) is 42.1 Å². The van der Waals surface area contributed by atoms with E-state index in [9.17, 15) is 4.79 Å². The molecule has 1 atom stereocenters. The fourth-order valence-corrected chi connectivity index (χ4v) is 2.79. The van der Waals surface area contributed by atoms with Crippen LogP contribution in [0, 0.1) is 0 Å². The summed E-state index contributed by atoms with van der Waals surface area (Å²) < 4.78 is 5.86.